The van der Waals surface area contributed by atoms with Gasteiger partial charge in [-0.15, -0.1) is 21.5 Å². The van der Waals surface area contributed by atoms with Crippen LogP contribution in [0.25, 0.3) is 10.7 Å². The maximum absolute atomic E-state index is 13.6. The van der Waals surface area contributed by atoms with E-state index in [1.54, 1.807) is 0 Å². The van der Waals surface area contributed by atoms with E-state index in [1.165, 1.54) is 23.5 Å². The topological polar surface area (TPSA) is 99.0 Å². The van der Waals surface area contributed by atoms with Crippen LogP contribution in [0.3, 0.4) is 0 Å². The number of hydrogen-bond acceptors (Lipinski definition) is 7. The van der Waals surface area contributed by atoms with E-state index in [4.69, 9.17) is 16.3 Å². The van der Waals surface area contributed by atoms with E-state index in [1.807, 2.05) is 17.5 Å². The Morgan fingerprint density at radius 2 is 2.19 bits per heavy atom. The van der Waals surface area contributed by atoms with Gasteiger partial charge in [0.05, 0.1) is 10.6 Å². The summed E-state index contributed by atoms with van der Waals surface area (Å²) in [4.78, 5) is 25.4. The second kappa shape index (κ2) is 8.02. The standard InChI is InChI=1S/C15H11ClFN5O3S/c16-9-3-4-11(10(17)6-9)18-13(23)8-25-14(24)7-22-20-15(19-21-22)12-2-1-5-26-12/h1-6H,7-8H2,(H,18,23). The minimum atomic E-state index is -0.730. The van der Waals surface area contributed by atoms with Crippen LogP contribution in [0.4, 0.5) is 10.1 Å². The van der Waals surface area contributed by atoms with Gasteiger partial charge in [0.25, 0.3) is 5.91 Å². The van der Waals surface area contributed by atoms with Crippen LogP contribution < -0.4 is 5.32 Å². The monoisotopic (exact) mass is 395 g/mol. The first-order valence-corrected chi connectivity index (χ1v) is 8.49. The molecular weight excluding hydrogens is 385 g/mol. The molecule has 0 unspecified atom stereocenters. The number of anilines is 1. The van der Waals surface area contributed by atoms with Crippen LogP contribution in [0.1, 0.15) is 0 Å². The fraction of sp³-hybridized carbons (Fsp3) is 0.133. The number of tetrazole rings is 1. The van der Waals surface area contributed by atoms with Crippen molar-refractivity contribution in [2.75, 3.05) is 11.9 Å². The largest absolute Gasteiger partial charge is 0.454 e. The number of nitrogens with zero attached hydrogens (tertiary/aromatic N) is 4. The van der Waals surface area contributed by atoms with Crippen molar-refractivity contribution in [2.45, 2.75) is 6.54 Å². The molecule has 0 aliphatic heterocycles. The lowest BCUT2D eigenvalue weighted by Gasteiger charge is -2.07. The predicted molar refractivity (Wildman–Crippen MR) is 92.1 cm³/mol. The lowest BCUT2D eigenvalue weighted by Crippen LogP contribution is -2.24. The summed E-state index contributed by atoms with van der Waals surface area (Å²) in [6.45, 7) is -0.881. The van der Waals surface area contributed by atoms with E-state index in [9.17, 15) is 14.0 Å². The molecule has 26 heavy (non-hydrogen) atoms. The molecule has 1 N–H and O–H groups in total. The quantitative estimate of drug-likeness (QED) is 0.643. The molecule has 3 aromatic rings. The molecule has 0 spiro atoms. The number of aromatic nitrogens is 4. The predicted octanol–water partition coefficient (Wildman–Crippen LogP) is 2.38. The second-order valence-electron chi connectivity index (χ2n) is 4.95. The normalized spacial score (nSPS) is 10.5. The molecule has 1 amide bonds. The summed E-state index contributed by atoms with van der Waals surface area (Å²) >= 11 is 7.07. The van der Waals surface area contributed by atoms with Crippen molar-refractivity contribution in [2.24, 2.45) is 0 Å². The van der Waals surface area contributed by atoms with Crippen LogP contribution >= 0.6 is 22.9 Å². The summed E-state index contributed by atoms with van der Waals surface area (Å²) in [7, 11) is 0. The van der Waals surface area contributed by atoms with Crippen molar-refractivity contribution in [3.63, 3.8) is 0 Å². The lowest BCUT2D eigenvalue weighted by atomic mass is 10.3. The number of ether oxygens (including phenoxy) is 1. The Kier molecular flexibility index (Phi) is 5.54. The number of hydrogen-bond donors (Lipinski definition) is 1. The van der Waals surface area contributed by atoms with Gasteiger partial charge in [0.1, 0.15) is 5.82 Å². The lowest BCUT2D eigenvalue weighted by molar-refractivity contribution is -0.148. The van der Waals surface area contributed by atoms with Crippen molar-refractivity contribution in [1.82, 2.24) is 20.2 Å². The molecule has 3 rings (SSSR count). The van der Waals surface area contributed by atoms with Gasteiger partial charge in [0.2, 0.25) is 5.82 Å². The molecule has 0 saturated heterocycles. The van der Waals surface area contributed by atoms with E-state index in [0.717, 1.165) is 15.7 Å². The number of rotatable bonds is 6. The molecule has 8 nitrogen and oxygen atoms in total. The van der Waals surface area contributed by atoms with Gasteiger partial charge >= 0.3 is 5.97 Å². The third kappa shape index (κ3) is 4.61. The Balaban J connectivity index is 1.48. The van der Waals surface area contributed by atoms with Crippen molar-refractivity contribution >= 4 is 40.5 Å². The molecule has 134 valence electrons. The first-order chi connectivity index (χ1) is 12.5. The molecule has 0 saturated carbocycles. The van der Waals surface area contributed by atoms with E-state index in [-0.39, 0.29) is 17.3 Å². The third-order valence-electron chi connectivity index (χ3n) is 3.03. The maximum atomic E-state index is 13.6. The highest BCUT2D eigenvalue weighted by atomic mass is 35.5. The molecule has 1 aromatic carbocycles. The van der Waals surface area contributed by atoms with Gasteiger partial charge in [-0.3, -0.25) is 4.79 Å². The zero-order chi connectivity index (χ0) is 18.5. The van der Waals surface area contributed by atoms with Crippen molar-refractivity contribution in [3.05, 3.63) is 46.6 Å². The Bertz CT molecular complexity index is 931. The molecule has 2 aromatic heterocycles. The summed E-state index contributed by atoms with van der Waals surface area (Å²) < 4.78 is 18.4. The number of carbonyl (C=O) groups is 2. The van der Waals surface area contributed by atoms with Crippen LogP contribution in [0.5, 0.6) is 0 Å². The van der Waals surface area contributed by atoms with E-state index >= 15 is 0 Å². The number of nitrogens with one attached hydrogen (secondary N) is 1. The third-order valence-corrected chi connectivity index (χ3v) is 4.14. The minimum Gasteiger partial charge on any atom is -0.454 e. The van der Waals surface area contributed by atoms with Crippen molar-refractivity contribution in [3.8, 4) is 10.7 Å². The highest BCUT2D eigenvalue weighted by Crippen LogP contribution is 2.20. The molecule has 11 heteroatoms. The Hall–Kier alpha value is -2.85. The molecule has 0 fully saturated rings. The van der Waals surface area contributed by atoms with E-state index < -0.39 is 24.3 Å². The molecule has 0 radical (unpaired) electrons. The number of amides is 1. The zero-order valence-corrected chi connectivity index (χ0v) is 14.6. The Labute approximate surface area is 155 Å². The summed E-state index contributed by atoms with van der Waals surface area (Å²) in [6, 6.07) is 7.46. The molecule has 0 atom stereocenters. The van der Waals surface area contributed by atoms with Gasteiger partial charge < -0.3 is 10.1 Å². The highest BCUT2D eigenvalue weighted by molar-refractivity contribution is 7.13. The van der Waals surface area contributed by atoms with Crippen molar-refractivity contribution in [1.29, 1.82) is 0 Å². The second-order valence-corrected chi connectivity index (χ2v) is 6.34. The zero-order valence-electron chi connectivity index (χ0n) is 13.1. The van der Waals surface area contributed by atoms with Crippen LogP contribution in [-0.4, -0.2) is 38.7 Å². The van der Waals surface area contributed by atoms with E-state index in [0.29, 0.717) is 5.82 Å². The van der Waals surface area contributed by atoms with Crippen LogP contribution in [-0.2, 0) is 20.9 Å². The number of esters is 1. The van der Waals surface area contributed by atoms with Gasteiger partial charge in [-0.2, -0.15) is 4.80 Å². The molecule has 0 aliphatic rings. The molecule has 0 bridgehead atoms. The van der Waals surface area contributed by atoms with Crippen LogP contribution in [0.2, 0.25) is 5.02 Å². The number of thiophene rings is 1. The molecule has 0 aliphatic carbocycles. The van der Waals surface area contributed by atoms with Crippen LogP contribution in [0, 0.1) is 5.82 Å². The van der Waals surface area contributed by atoms with Gasteiger partial charge in [-0.05, 0) is 34.9 Å². The van der Waals surface area contributed by atoms with Gasteiger partial charge in [0.15, 0.2) is 13.2 Å². The fourth-order valence-electron chi connectivity index (χ4n) is 1.90. The van der Waals surface area contributed by atoms with Gasteiger partial charge in [0, 0.05) is 5.02 Å². The minimum absolute atomic E-state index is 0.0611. The average molecular weight is 396 g/mol. The number of halogens is 2. The Morgan fingerprint density at radius 3 is 2.92 bits per heavy atom. The van der Waals surface area contributed by atoms with Crippen LogP contribution in [0.15, 0.2) is 35.7 Å². The summed E-state index contributed by atoms with van der Waals surface area (Å²) in [5.74, 6) is -1.72. The summed E-state index contributed by atoms with van der Waals surface area (Å²) in [6.07, 6.45) is 0. The number of carbonyl (C=O) groups excluding carboxylic acids is 2. The maximum Gasteiger partial charge on any atom is 0.330 e. The SMILES string of the molecule is O=C(COC(=O)Cn1nnc(-c2cccs2)n1)Nc1ccc(Cl)cc1F. The Morgan fingerprint density at radius 1 is 1.35 bits per heavy atom. The highest BCUT2D eigenvalue weighted by Gasteiger charge is 2.13. The van der Waals surface area contributed by atoms with E-state index in [2.05, 4.69) is 20.7 Å². The molecular formula is C15H11ClFN5O3S. The first-order valence-electron chi connectivity index (χ1n) is 7.23. The van der Waals surface area contributed by atoms with Gasteiger partial charge in [-0.1, -0.05) is 17.7 Å². The average Bonchev–Trinajstić information content (AvgIpc) is 3.27. The smallest absolute Gasteiger partial charge is 0.330 e. The van der Waals surface area contributed by atoms with Gasteiger partial charge in [-0.25, -0.2) is 9.18 Å². The van der Waals surface area contributed by atoms with Crippen molar-refractivity contribution < 1.29 is 18.7 Å². The first kappa shape index (κ1) is 18.0. The molecule has 2 heterocycles. The fourth-order valence-corrected chi connectivity index (χ4v) is 2.71. The number of benzene rings is 1. The summed E-state index contributed by atoms with van der Waals surface area (Å²) in [5.41, 5.74) is -0.0611. The summed E-state index contributed by atoms with van der Waals surface area (Å²) in [5, 5.41) is 16.0.